The maximum absolute atomic E-state index is 6.14. The largest absolute Gasteiger partial charge is 0.313 e. The summed E-state index contributed by atoms with van der Waals surface area (Å²) >= 11 is 12.3. The summed E-state index contributed by atoms with van der Waals surface area (Å²) in [6, 6.07) is 5.66. The molecule has 1 fully saturated rings. The molecule has 0 saturated carbocycles. The fourth-order valence-corrected chi connectivity index (χ4v) is 3.10. The molecule has 0 aliphatic carbocycles. The standard InChI is InChI=1S/C15H22Cl2N2/c1-19-9-6-12(7-10-19)5-8-18-11-13-14(16)3-2-4-15(13)17/h2-4,12,18H,5-11H2,1H3. The van der Waals surface area contributed by atoms with Gasteiger partial charge in [-0.15, -0.1) is 0 Å². The van der Waals surface area contributed by atoms with Crippen LogP contribution in [0.25, 0.3) is 0 Å². The molecule has 1 aromatic rings. The Morgan fingerprint density at radius 3 is 2.47 bits per heavy atom. The van der Waals surface area contributed by atoms with Crippen LogP contribution in [0.15, 0.2) is 18.2 Å². The van der Waals surface area contributed by atoms with Crippen LogP contribution in [0.2, 0.25) is 10.0 Å². The van der Waals surface area contributed by atoms with Crippen LogP contribution in [0.4, 0.5) is 0 Å². The SMILES string of the molecule is CN1CCC(CCNCc2c(Cl)cccc2Cl)CC1. The van der Waals surface area contributed by atoms with Gasteiger partial charge in [0.1, 0.15) is 0 Å². The average molecular weight is 301 g/mol. The van der Waals surface area contributed by atoms with Crippen molar-refractivity contribution in [1.82, 2.24) is 10.2 Å². The van der Waals surface area contributed by atoms with Crippen LogP contribution in [0.1, 0.15) is 24.8 Å². The molecule has 0 bridgehead atoms. The molecular weight excluding hydrogens is 279 g/mol. The molecule has 19 heavy (non-hydrogen) atoms. The Bertz CT molecular complexity index is 381. The molecule has 1 saturated heterocycles. The van der Waals surface area contributed by atoms with Crippen LogP contribution in [0.5, 0.6) is 0 Å². The Morgan fingerprint density at radius 2 is 1.84 bits per heavy atom. The molecule has 1 aliphatic rings. The molecule has 106 valence electrons. The number of hydrogen-bond acceptors (Lipinski definition) is 2. The van der Waals surface area contributed by atoms with Gasteiger partial charge in [-0.05, 0) is 64.0 Å². The van der Waals surface area contributed by atoms with Crippen molar-refractivity contribution in [2.45, 2.75) is 25.8 Å². The van der Waals surface area contributed by atoms with Crippen molar-refractivity contribution in [2.24, 2.45) is 5.92 Å². The number of benzene rings is 1. The second-order valence-corrected chi connectivity index (χ2v) is 6.23. The molecule has 4 heteroatoms. The van der Waals surface area contributed by atoms with Gasteiger partial charge in [0.2, 0.25) is 0 Å². The predicted molar refractivity (Wildman–Crippen MR) is 83.0 cm³/mol. The lowest BCUT2D eigenvalue weighted by Gasteiger charge is -2.28. The molecule has 0 spiro atoms. The molecule has 1 heterocycles. The van der Waals surface area contributed by atoms with Gasteiger partial charge in [0.15, 0.2) is 0 Å². The van der Waals surface area contributed by atoms with E-state index in [4.69, 9.17) is 23.2 Å². The lowest BCUT2D eigenvalue weighted by Crippen LogP contribution is -2.31. The summed E-state index contributed by atoms with van der Waals surface area (Å²) in [4.78, 5) is 2.41. The van der Waals surface area contributed by atoms with E-state index in [-0.39, 0.29) is 0 Å². The molecule has 0 aromatic heterocycles. The molecule has 1 aromatic carbocycles. The molecular formula is C15H22Cl2N2. The first kappa shape index (κ1) is 15.1. The monoisotopic (exact) mass is 300 g/mol. The van der Waals surface area contributed by atoms with Gasteiger partial charge in [-0.2, -0.15) is 0 Å². The van der Waals surface area contributed by atoms with Crippen molar-refractivity contribution in [3.8, 4) is 0 Å². The quantitative estimate of drug-likeness (QED) is 0.832. The van der Waals surface area contributed by atoms with Crippen LogP contribution >= 0.6 is 23.2 Å². The number of rotatable bonds is 5. The minimum absolute atomic E-state index is 0.749. The number of nitrogens with one attached hydrogen (secondary N) is 1. The minimum Gasteiger partial charge on any atom is -0.313 e. The van der Waals surface area contributed by atoms with Crippen LogP contribution < -0.4 is 5.32 Å². The molecule has 2 nitrogen and oxygen atoms in total. The fraction of sp³-hybridized carbons (Fsp3) is 0.600. The maximum Gasteiger partial charge on any atom is 0.0465 e. The lowest BCUT2D eigenvalue weighted by molar-refractivity contribution is 0.211. The van der Waals surface area contributed by atoms with E-state index >= 15 is 0 Å². The van der Waals surface area contributed by atoms with Crippen LogP contribution in [-0.4, -0.2) is 31.6 Å². The van der Waals surface area contributed by atoms with Gasteiger partial charge in [0.05, 0.1) is 0 Å². The van der Waals surface area contributed by atoms with Crippen molar-refractivity contribution in [3.63, 3.8) is 0 Å². The molecule has 0 amide bonds. The summed E-state index contributed by atoms with van der Waals surface area (Å²) in [7, 11) is 2.20. The van der Waals surface area contributed by atoms with Gasteiger partial charge >= 0.3 is 0 Å². The Labute approximate surface area is 126 Å². The number of piperidine rings is 1. The highest BCUT2D eigenvalue weighted by Gasteiger charge is 2.15. The molecule has 0 atom stereocenters. The highest BCUT2D eigenvalue weighted by molar-refractivity contribution is 6.35. The normalized spacial score (nSPS) is 17.8. The van der Waals surface area contributed by atoms with Crippen LogP contribution in [0.3, 0.4) is 0 Å². The highest BCUT2D eigenvalue weighted by atomic mass is 35.5. The van der Waals surface area contributed by atoms with Crippen molar-refractivity contribution < 1.29 is 0 Å². The van der Waals surface area contributed by atoms with Gasteiger partial charge in [-0.1, -0.05) is 29.3 Å². The van der Waals surface area contributed by atoms with Crippen molar-refractivity contribution in [3.05, 3.63) is 33.8 Å². The molecule has 1 N–H and O–H groups in total. The number of hydrogen-bond donors (Lipinski definition) is 1. The zero-order chi connectivity index (χ0) is 13.7. The Balaban J connectivity index is 1.69. The number of nitrogens with zero attached hydrogens (tertiary/aromatic N) is 1. The molecule has 2 rings (SSSR count). The smallest absolute Gasteiger partial charge is 0.0465 e. The maximum atomic E-state index is 6.14. The van der Waals surface area contributed by atoms with E-state index in [9.17, 15) is 0 Å². The topological polar surface area (TPSA) is 15.3 Å². The predicted octanol–water partition coefficient (Wildman–Crippen LogP) is 3.81. The van der Waals surface area contributed by atoms with Crippen LogP contribution in [0, 0.1) is 5.92 Å². The minimum atomic E-state index is 0.749. The Hall–Kier alpha value is -0.280. The van der Waals surface area contributed by atoms with E-state index < -0.39 is 0 Å². The third-order valence-corrected chi connectivity index (χ3v) is 4.64. The summed E-state index contributed by atoms with van der Waals surface area (Å²) in [6.07, 6.45) is 3.89. The first-order valence-electron chi connectivity index (χ1n) is 6.99. The molecule has 1 aliphatic heterocycles. The molecule has 0 radical (unpaired) electrons. The fourth-order valence-electron chi connectivity index (χ4n) is 2.57. The second kappa shape index (κ2) is 7.49. The number of halogens is 2. The van der Waals surface area contributed by atoms with Gasteiger partial charge in [0, 0.05) is 22.2 Å². The number of likely N-dealkylation sites (tertiary alicyclic amines) is 1. The van der Waals surface area contributed by atoms with Gasteiger partial charge in [0.25, 0.3) is 0 Å². The van der Waals surface area contributed by atoms with E-state index in [1.54, 1.807) is 0 Å². The van der Waals surface area contributed by atoms with Gasteiger partial charge < -0.3 is 10.2 Å². The van der Waals surface area contributed by atoms with Crippen molar-refractivity contribution in [1.29, 1.82) is 0 Å². The first-order chi connectivity index (χ1) is 9.16. The van der Waals surface area contributed by atoms with E-state index in [0.717, 1.165) is 34.6 Å². The summed E-state index contributed by atoms with van der Waals surface area (Å²) in [5.41, 5.74) is 1.01. The zero-order valence-corrected chi connectivity index (χ0v) is 13.0. The lowest BCUT2D eigenvalue weighted by atomic mass is 9.94. The molecule has 0 unspecified atom stereocenters. The summed E-state index contributed by atoms with van der Waals surface area (Å²) in [5.74, 6) is 0.866. The van der Waals surface area contributed by atoms with Gasteiger partial charge in [-0.3, -0.25) is 0 Å². The average Bonchev–Trinajstić information content (AvgIpc) is 2.39. The first-order valence-corrected chi connectivity index (χ1v) is 7.74. The van der Waals surface area contributed by atoms with E-state index in [0.29, 0.717) is 0 Å². The van der Waals surface area contributed by atoms with E-state index in [1.807, 2.05) is 18.2 Å². The summed E-state index contributed by atoms with van der Waals surface area (Å²) in [5, 5.41) is 4.96. The third kappa shape index (κ3) is 4.64. The highest BCUT2D eigenvalue weighted by Crippen LogP contribution is 2.24. The third-order valence-electron chi connectivity index (χ3n) is 3.93. The summed E-state index contributed by atoms with van der Waals surface area (Å²) < 4.78 is 0. The Kier molecular flexibility index (Phi) is 5.96. The van der Waals surface area contributed by atoms with Gasteiger partial charge in [-0.25, -0.2) is 0 Å². The van der Waals surface area contributed by atoms with Crippen molar-refractivity contribution >= 4 is 23.2 Å². The van der Waals surface area contributed by atoms with Crippen LogP contribution in [-0.2, 0) is 6.54 Å². The van der Waals surface area contributed by atoms with Crippen molar-refractivity contribution in [2.75, 3.05) is 26.7 Å². The van der Waals surface area contributed by atoms with E-state index in [2.05, 4.69) is 17.3 Å². The Morgan fingerprint density at radius 1 is 1.21 bits per heavy atom. The zero-order valence-electron chi connectivity index (χ0n) is 11.5. The second-order valence-electron chi connectivity index (χ2n) is 5.41. The van der Waals surface area contributed by atoms with E-state index in [1.165, 1.54) is 32.4 Å². The summed E-state index contributed by atoms with van der Waals surface area (Å²) in [6.45, 7) is 4.27.